The van der Waals surface area contributed by atoms with Gasteiger partial charge in [0.1, 0.15) is 0 Å². The molecule has 3 unspecified atom stereocenters. The number of unbranched alkanes of at least 4 members (excludes halogenated alkanes) is 1. The third-order valence-electron chi connectivity index (χ3n) is 3.77. The van der Waals surface area contributed by atoms with Crippen molar-refractivity contribution in [3.8, 4) is 0 Å². The molecule has 3 N–H and O–H groups in total. The summed E-state index contributed by atoms with van der Waals surface area (Å²) in [4.78, 5) is 0. The molecule has 0 aromatic carbocycles. The first kappa shape index (κ1) is 14.9. The van der Waals surface area contributed by atoms with E-state index in [1.807, 2.05) is 6.92 Å². The fourth-order valence-corrected chi connectivity index (χ4v) is 2.03. The predicted octanol–water partition coefficient (Wildman–Crippen LogP) is 2.94. The van der Waals surface area contributed by atoms with Gasteiger partial charge in [-0.3, -0.25) is 0 Å². The molecule has 0 amide bonds. The van der Waals surface area contributed by atoms with Crippen LogP contribution in [0.25, 0.3) is 0 Å². The van der Waals surface area contributed by atoms with E-state index in [4.69, 9.17) is 5.73 Å². The third kappa shape index (κ3) is 4.98. The Morgan fingerprint density at radius 1 is 1.33 bits per heavy atom. The topological polar surface area (TPSA) is 46.2 Å². The molecule has 3 atom stereocenters. The van der Waals surface area contributed by atoms with E-state index in [1.54, 1.807) is 0 Å². The third-order valence-corrected chi connectivity index (χ3v) is 3.77. The maximum atomic E-state index is 9.76. The highest BCUT2D eigenvalue weighted by Crippen LogP contribution is 2.32. The molecule has 0 aliphatic rings. The quantitative estimate of drug-likeness (QED) is 0.654. The summed E-state index contributed by atoms with van der Waals surface area (Å²) in [6.07, 6.45) is 5.76. The highest BCUT2D eigenvalue weighted by atomic mass is 16.3. The molecule has 2 nitrogen and oxygen atoms in total. The van der Waals surface area contributed by atoms with Crippen LogP contribution < -0.4 is 5.73 Å². The summed E-state index contributed by atoms with van der Waals surface area (Å²) in [5, 5.41) is 9.76. The summed E-state index contributed by atoms with van der Waals surface area (Å²) >= 11 is 0. The van der Waals surface area contributed by atoms with Gasteiger partial charge in [0.05, 0.1) is 6.10 Å². The fraction of sp³-hybridized carbons (Fsp3) is 1.00. The van der Waals surface area contributed by atoms with Crippen molar-refractivity contribution in [1.29, 1.82) is 0 Å². The first-order valence-corrected chi connectivity index (χ1v) is 6.38. The minimum absolute atomic E-state index is 0.103. The normalized spacial score (nSPS) is 19.6. The second-order valence-corrected chi connectivity index (χ2v) is 5.15. The standard InChI is InChI=1S/C13H29NO/c1-5-7-8-12(6-2)9-13(4,10-14)11(3)15/h11-12,15H,5-10,14H2,1-4H3. The van der Waals surface area contributed by atoms with Gasteiger partial charge < -0.3 is 10.8 Å². The highest BCUT2D eigenvalue weighted by molar-refractivity contribution is 4.83. The minimum Gasteiger partial charge on any atom is -0.393 e. The van der Waals surface area contributed by atoms with Gasteiger partial charge in [-0.15, -0.1) is 0 Å². The van der Waals surface area contributed by atoms with Gasteiger partial charge in [0, 0.05) is 12.0 Å². The number of rotatable bonds is 8. The van der Waals surface area contributed by atoms with Gasteiger partial charge in [0.2, 0.25) is 0 Å². The minimum atomic E-state index is -0.307. The van der Waals surface area contributed by atoms with E-state index in [9.17, 15) is 5.11 Å². The second-order valence-electron chi connectivity index (χ2n) is 5.15. The molecule has 0 rings (SSSR count). The van der Waals surface area contributed by atoms with Gasteiger partial charge >= 0.3 is 0 Å². The van der Waals surface area contributed by atoms with Gasteiger partial charge in [-0.1, -0.05) is 46.5 Å². The lowest BCUT2D eigenvalue weighted by Gasteiger charge is -2.34. The van der Waals surface area contributed by atoms with Crippen LogP contribution in [0.5, 0.6) is 0 Å². The van der Waals surface area contributed by atoms with Gasteiger partial charge in [-0.05, 0) is 19.3 Å². The Bertz CT molecular complexity index is 159. The van der Waals surface area contributed by atoms with Crippen molar-refractivity contribution in [2.24, 2.45) is 17.1 Å². The molecule has 0 aliphatic heterocycles. The number of aliphatic hydroxyl groups is 1. The van der Waals surface area contributed by atoms with E-state index in [1.165, 1.54) is 25.7 Å². The molecule has 0 saturated heterocycles. The molecule has 0 saturated carbocycles. The molecule has 15 heavy (non-hydrogen) atoms. The van der Waals surface area contributed by atoms with E-state index in [2.05, 4.69) is 20.8 Å². The van der Waals surface area contributed by atoms with Crippen LogP contribution in [0, 0.1) is 11.3 Å². The first-order chi connectivity index (χ1) is 7.00. The smallest absolute Gasteiger partial charge is 0.0577 e. The van der Waals surface area contributed by atoms with Crippen LogP contribution in [0.2, 0.25) is 0 Å². The maximum absolute atomic E-state index is 9.76. The Morgan fingerprint density at radius 2 is 1.93 bits per heavy atom. The average Bonchev–Trinajstić information content (AvgIpc) is 2.23. The number of aliphatic hydroxyl groups excluding tert-OH is 1. The monoisotopic (exact) mass is 215 g/mol. The van der Waals surface area contributed by atoms with E-state index in [0.717, 1.165) is 6.42 Å². The van der Waals surface area contributed by atoms with Crippen LogP contribution in [-0.4, -0.2) is 17.8 Å². The number of nitrogens with two attached hydrogens (primary N) is 1. The van der Waals surface area contributed by atoms with Crippen molar-refractivity contribution >= 4 is 0 Å². The molecule has 0 radical (unpaired) electrons. The lowest BCUT2D eigenvalue weighted by Crippen LogP contribution is -2.39. The van der Waals surface area contributed by atoms with E-state index < -0.39 is 0 Å². The van der Waals surface area contributed by atoms with Crippen molar-refractivity contribution in [2.75, 3.05) is 6.54 Å². The van der Waals surface area contributed by atoms with Gasteiger partial charge in [-0.25, -0.2) is 0 Å². The molecule has 0 bridgehead atoms. The zero-order valence-electron chi connectivity index (χ0n) is 10.9. The molecule has 0 spiro atoms. The van der Waals surface area contributed by atoms with E-state index in [-0.39, 0.29) is 11.5 Å². The lowest BCUT2D eigenvalue weighted by atomic mass is 9.75. The summed E-state index contributed by atoms with van der Waals surface area (Å²) in [6.45, 7) is 9.00. The van der Waals surface area contributed by atoms with Crippen molar-refractivity contribution in [3.63, 3.8) is 0 Å². The average molecular weight is 215 g/mol. The molecule has 0 fully saturated rings. The predicted molar refractivity (Wildman–Crippen MR) is 66.8 cm³/mol. The summed E-state index contributed by atoms with van der Waals surface area (Å²) in [7, 11) is 0. The first-order valence-electron chi connectivity index (χ1n) is 6.38. The molecule has 0 aromatic rings. The summed E-state index contributed by atoms with van der Waals surface area (Å²) < 4.78 is 0. The van der Waals surface area contributed by atoms with Crippen LogP contribution in [0.4, 0.5) is 0 Å². The number of hydrogen-bond donors (Lipinski definition) is 2. The molecule has 92 valence electrons. The number of hydrogen-bond acceptors (Lipinski definition) is 2. The Hall–Kier alpha value is -0.0800. The molecule has 0 aliphatic carbocycles. The SMILES string of the molecule is CCCCC(CC)CC(C)(CN)C(C)O. The highest BCUT2D eigenvalue weighted by Gasteiger charge is 2.30. The molecule has 2 heteroatoms. The van der Waals surface area contributed by atoms with Crippen LogP contribution in [0.3, 0.4) is 0 Å². The van der Waals surface area contributed by atoms with Crippen molar-refractivity contribution < 1.29 is 5.11 Å². The Kier molecular flexibility index (Phi) is 7.20. The van der Waals surface area contributed by atoms with Crippen molar-refractivity contribution in [1.82, 2.24) is 0 Å². The van der Waals surface area contributed by atoms with Gasteiger partial charge in [0.15, 0.2) is 0 Å². The summed E-state index contributed by atoms with van der Waals surface area (Å²) in [6, 6.07) is 0. The van der Waals surface area contributed by atoms with Crippen LogP contribution in [-0.2, 0) is 0 Å². The molecular formula is C13H29NO. The fourth-order valence-electron chi connectivity index (χ4n) is 2.03. The van der Waals surface area contributed by atoms with Crippen molar-refractivity contribution in [2.45, 2.75) is 65.9 Å². The van der Waals surface area contributed by atoms with E-state index >= 15 is 0 Å². The second kappa shape index (κ2) is 7.24. The molecule has 0 aromatic heterocycles. The molecular weight excluding hydrogens is 186 g/mol. The van der Waals surface area contributed by atoms with Crippen LogP contribution >= 0.6 is 0 Å². The largest absolute Gasteiger partial charge is 0.393 e. The van der Waals surface area contributed by atoms with Gasteiger partial charge in [0.25, 0.3) is 0 Å². The Labute approximate surface area is 95.3 Å². The van der Waals surface area contributed by atoms with Crippen molar-refractivity contribution in [3.05, 3.63) is 0 Å². The Morgan fingerprint density at radius 3 is 2.27 bits per heavy atom. The lowest BCUT2D eigenvalue weighted by molar-refractivity contribution is 0.0371. The Balaban J connectivity index is 4.23. The van der Waals surface area contributed by atoms with E-state index in [0.29, 0.717) is 12.5 Å². The summed E-state index contributed by atoms with van der Waals surface area (Å²) in [5.41, 5.74) is 5.68. The zero-order valence-corrected chi connectivity index (χ0v) is 10.9. The van der Waals surface area contributed by atoms with Crippen LogP contribution in [0.1, 0.15) is 59.8 Å². The molecule has 0 heterocycles. The summed E-state index contributed by atoms with van der Waals surface area (Å²) in [5.74, 6) is 0.716. The maximum Gasteiger partial charge on any atom is 0.0577 e. The zero-order chi connectivity index (χ0) is 11.9. The van der Waals surface area contributed by atoms with Gasteiger partial charge in [-0.2, -0.15) is 0 Å². The van der Waals surface area contributed by atoms with Crippen LogP contribution in [0.15, 0.2) is 0 Å².